The van der Waals surface area contributed by atoms with Crippen LogP contribution in [0.3, 0.4) is 0 Å². The van der Waals surface area contributed by atoms with Gasteiger partial charge in [0.15, 0.2) is 0 Å². The highest BCUT2D eigenvalue weighted by Gasteiger charge is 2.24. The molecule has 0 aromatic carbocycles. The van der Waals surface area contributed by atoms with Gasteiger partial charge in [0.2, 0.25) is 10.0 Å². The van der Waals surface area contributed by atoms with Gasteiger partial charge >= 0.3 is 0 Å². The van der Waals surface area contributed by atoms with Gasteiger partial charge in [-0.1, -0.05) is 6.92 Å². The third-order valence-electron chi connectivity index (χ3n) is 2.56. The third kappa shape index (κ3) is 5.75. The van der Waals surface area contributed by atoms with Crippen molar-refractivity contribution in [2.45, 2.75) is 26.3 Å². The summed E-state index contributed by atoms with van der Waals surface area (Å²) in [6.45, 7) is 3.80. The lowest BCUT2D eigenvalue weighted by molar-refractivity contribution is 0.379. The van der Waals surface area contributed by atoms with Crippen molar-refractivity contribution < 1.29 is 8.42 Å². The quantitative estimate of drug-likeness (QED) is 0.643. The third-order valence-corrected chi connectivity index (χ3v) is 5.96. The van der Waals surface area contributed by atoms with Crippen LogP contribution in [0.2, 0.25) is 0 Å². The molecule has 0 spiro atoms. The van der Waals surface area contributed by atoms with Crippen LogP contribution in [0.1, 0.15) is 20.3 Å². The fourth-order valence-corrected chi connectivity index (χ4v) is 3.81. The van der Waals surface area contributed by atoms with Gasteiger partial charge in [-0.2, -0.15) is 11.8 Å². The normalized spacial score (nSPS) is 16.4. The first-order valence-corrected chi connectivity index (χ1v) is 8.89. The fourth-order valence-electron chi connectivity index (χ4n) is 1.27. The van der Waals surface area contributed by atoms with Crippen LogP contribution in [0, 0.1) is 5.92 Å². The molecule has 0 radical (unpaired) electrons. The summed E-state index contributed by atoms with van der Waals surface area (Å²) in [5.41, 5.74) is 0. The predicted molar refractivity (Wildman–Crippen MR) is 73.9 cm³/mol. The van der Waals surface area contributed by atoms with Crippen LogP contribution < -0.4 is 0 Å². The Labute approximate surface area is 109 Å². The molecule has 2 unspecified atom stereocenters. The van der Waals surface area contributed by atoms with Crippen molar-refractivity contribution in [3.8, 4) is 0 Å². The Morgan fingerprint density at radius 3 is 2.38 bits per heavy atom. The molecule has 0 N–H and O–H groups in total. The average molecular weight is 288 g/mol. The van der Waals surface area contributed by atoms with Crippen LogP contribution in [0.25, 0.3) is 0 Å². The van der Waals surface area contributed by atoms with Crippen molar-refractivity contribution in [3.63, 3.8) is 0 Å². The maximum Gasteiger partial charge on any atom is 0.214 e. The molecule has 0 aliphatic heterocycles. The lowest BCUT2D eigenvalue weighted by Crippen LogP contribution is -2.38. The highest BCUT2D eigenvalue weighted by molar-refractivity contribution is 7.98. The molecule has 98 valence electrons. The molecule has 3 nitrogen and oxygen atoms in total. The van der Waals surface area contributed by atoms with E-state index in [0.29, 0.717) is 5.88 Å². The lowest BCUT2D eigenvalue weighted by Gasteiger charge is -2.25. The Bertz CT molecular complexity index is 283. The fraction of sp³-hybridized carbons (Fsp3) is 1.00. The van der Waals surface area contributed by atoms with Gasteiger partial charge in [-0.25, -0.2) is 12.7 Å². The first-order chi connectivity index (χ1) is 7.35. The van der Waals surface area contributed by atoms with Gasteiger partial charge < -0.3 is 0 Å². The van der Waals surface area contributed by atoms with Gasteiger partial charge in [-0.05, 0) is 31.3 Å². The highest BCUT2D eigenvalue weighted by Crippen LogP contribution is 2.13. The number of nitrogens with zero attached hydrogens (tertiary/aromatic N) is 1. The van der Waals surface area contributed by atoms with E-state index < -0.39 is 10.0 Å². The van der Waals surface area contributed by atoms with Gasteiger partial charge in [-0.3, -0.25) is 0 Å². The van der Waals surface area contributed by atoms with E-state index in [-0.39, 0.29) is 17.7 Å². The monoisotopic (exact) mass is 287 g/mol. The van der Waals surface area contributed by atoms with E-state index >= 15 is 0 Å². The second-order valence-electron chi connectivity index (χ2n) is 4.18. The lowest BCUT2D eigenvalue weighted by atomic mass is 10.3. The number of halogens is 1. The maximum absolute atomic E-state index is 12.0. The van der Waals surface area contributed by atoms with Gasteiger partial charge in [0, 0.05) is 19.0 Å². The van der Waals surface area contributed by atoms with Crippen LogP contribution in [0.5, 0.6) is 0 Å². The number of rotatable bonds is 8. The van der Waals surface area contributed by atoms with Gasteiger partial charge in [0.25, 0.3) is 0 Å². The summed E-state index contributed by atoms with van der Waals surface area (Å²) in [6, 6.07) is 0.0555. The summed E-state index contributed by atoms with van der Waals surface area (Å²) in [5.74, 6) is 1.50. The smallest absolute Gasteiger partial charge is 0.212 e. The van der Waals surface area contributed by atoms with E-state index in [0.717, 1.165) is 12.2 Å². The predicted octanol–water partition coefficient (Wildman–Crippen LogP) is 2.26. The van der Waals surface area contributed by atoms with E-state index in [9.17, 15) is 8.42 Å². The molecule has 16 heavy (non-hydrogen) atoms. The largest absolute Gasteiger partial charge is 0.214 e. The summed E-state index contributed by atoms with van der Waals surface area (Å²) in [6.07, 6.45) is 2.91. The molecule has 0 fully saturated rings. The first kappa shape index (κ1) is 16.6. The summed E-state index contributed by atoms with van der Waals surface area (Å²) in [4.78, 5) is 0. The van der Waals surface area contributed by atoms with Crippen molar-refractivity contribution in [2.24, 2.45) is 5.92 Å². The Hall–Kier alpha value is 0.550. The Kier molecular flexibility index (Phi) is 8.06. The SMILES string of the molecule is CSCCC(C)N(C)S(=O)(=O)CC(C)CCl. The number of sulfonamides is 1. The zero-order valence-electron chi connectivity index (χ0n) is 10.4. The van der Waals surface area contributed by atoms with E-state index in [2.05, 4.69) is 0 Å². The molecule has 0 aromatic rings. The molecule has 0 aliphatic carbocycles. The molecular weight excluding hydrogens is 266 g/mol. The summed E-state index contributed by atoms with van der Waals surface area (Å²) in [7, 11) is -1.51. The van der Waals surface area contributed by atoms with E-state index in [1.165, 1.54) is 4.31 Å². The number of hydrogen-bond donors (Lipinski definition) is 0. The molecule has 0 heterocycles. The minimum Gasteiger partial charge on any atom is -0.212 e. The Balaban J connectivity index is 4.39. The summed E-state index contributed by atoms with van der Waals surface area (Å²) < 4.78 is 25.4. The molecule has 0 amide bonds. The molecule has 0 bridgehead atoms. The topological polar surface area (TPSA) is 37.4 Å². The van der Waals surface area contributed by atoms with E-state index in [1.54, 1.807) is 18.8 Å². The minimum atomic E-state index is -3.16. The minimum absolute atomic E-state index is 0.00173. The van der Waals surface area contributed by atoms with E-state index in [1.807, 2.05) is 20.1 Å². The van der Waals surface area contributed by atoms with Crippen LogP contribution >= 0.6 is 23.4 Å². The van der Waals surface area contributed by atoms with E-state index in [4.69, 9.17) is 11.6 Å². The zero-order chi connectivity index (χ0) is 12.8. The molecular formula is C10H22ClNO2S2. The summed E-state index contributed by atoms with van der Waals surface area (Å²) in [5, 5.41) is 0. The number of hydrogen-bond acceptors (Lipinski definition) is 3. The van der Waals surface area contributed by atoms with Crippen LogP contribution in [-0.2, 0) is 10.0 Å². The average Bonchev–Trinajstić information content (AvgIpc) is 2.23. The van der Waals surface area contributed by atoms with Gasteiger partial charge in [-0.15, -0.1) is 11.6 Å². The second kappa shape index (κ2) is 7.80. The summed E-state index contributed by atoms with van der Waals surface area (Å²) >= 11 is 7.37. The van der Waals surface area contributed by atoms with Crippen LogP contribution in [0.15, 0.2) is 0 Å². The molecule has 0 aromatic heterocycles. The van der Waals surface area contributed by atoms with Crippen molar-refractivity contribution >= 4 is 33.4 Å². The van der Waals surface area contributed by atoms with Crippen molar-refractivity contribution in [1.82, 2.24) is 4.31 Å². The molecule has 0 aliphatic rings. The van der Waals surface area contributed by atoms with Crippen LogP contribution in [-0.4, -0.2) is 49.5 Å². The zero-order valence-corrected chi connectivity index (χ0v) is 12.8. The standard InChI is InChI=1S/C10H22ClNO2S2/c1-9(7-11)8-16(13,14)12(3)10(2)5-6-15-4/h9-10H,5-8H2,1-4H3. The Morgan fingerprint density at radius 2 is 1.94 bits per heavy atom. The molecule has 2 atom stereocenters. The molecule has 0 rings (SSSR count). The van der Waals surface area contributed by atoms with Crippen molar-refractivity contribution in [3.05, 3.63) is 0 Å². The van der Waals surface area contributed by atoms with Crippen LogP contribution in [0.4, 0.5) is 0 Å². The molecule has 0 saturated carbocycles. The van der Waals surface area contributed by atoms with Gasteiger partial charge in [0.05, 0.1) is 5.75 Å². The first-order valence-electron chi connectivity index (χ1n) is 5.35. The maximum atomic E-state index is 12.0. The highest BCUT2D eigenvalue weighted by atomic mass is 35.5. The molecule has 6 heteroatoms. The Morgan fingerprint density at radius 1 is 1.38 bits per heavy atom. The van der Waals surface area contributed by atoms with Crippen molar-refractivity contribution in [2.75, 3.05) is 30.7 Å². The van der Waals surface area contributed by atoms with Crippen molar-refractivity contribution in [1.29, 1.82) is 0 Å². The molecule has 0 saturated heterocycles. The number of alkyl halides is 1. The second-order valence-corrected chi connectivity index (χ2v) is 7.55. The van der Waals surface area contributed by atoms with Gasteiger partial charge in [0.1, 0.15) is 0 Å². The number of thioether (sulfide) groups is 1.